The summed E-state index contributed by atoms with van der Waals surface area (Å²) in [5.74, 6) is -1.28. The fourth-order valence-electron chi connectivity index (χ4n) is 1.73. The van der Waals surface area contributed by atoms with Crippen molar-refractivity contribution in [1.82, 2.24) is 5.32 Å². The number of carbonyl (C=O) groups is 1. The molecule has 2 rings (SSSR count). The van der Waals surface area contributed by atoms with Crippen LogP contribution in [0.25, 0.3) is 0 Å². The van der Waals surface area contributed by atoms with Gasteiger partial charge >= 0.3 is 5.97 Å². The van der Waals surface area contributed by atoms with Crippen LogP contribution >= 0.6 is 28.3 Å². The predicted octanol–water partition coefficient (Wildman–Crippen LogP) is 2.11. The summed E-state index contributed by atoms with van der Waals surface area (Å²) in [6.07, 6.45) is 0.198. The fraction of sp³-hybridized carbons (Fsp3) is 0.300. The van der Waals surface area contributed by atoms with Crippen LogP contribution in [0, 0.1) is 5.82 Å². The molecule has 0 bridgehead atoms. The average Bonchev–Trinajstić information content (AvgIpc) is 2.16. The topological polar surface area (TPSA) is 49.3 Å². The molecule has 0 fully saturated rings. The van der Waals surface area contributed by atoms with Crippen LogP contribution in [0.2, 0.25) is 0 Å². The lowest BCUT2D eigenvalue weighted by atomic mass is 9.95. The summed E-state index contributed by atoms with van der Waals surface area (Å²) in [6.45, 7) is 0.392. The Balaban J connectivity index is 0.00000128. The second kappa shape index (κ2) is 5.12. The van der Waals surface area contributed by atoms with E-state index in [-0.39, 0.29) is 24.6 Å². The Morgan fingerprint density at radius 3 is 2.88 bits per heavy atom. The lowest BCUT2D eigenvalue weighted by Crippen LogP contribution is -2.42. The van der Waals surface area contributed by atoms with E-state index in [1.54, 1.807) is 0 Å². The SMILES string of the molecule is Cl.O=C(O)C1Cc2c(F)cc(Br)cc2CN1. The molecule has 1 unspecified atom stereocenters. The van der Waals surface area contributed by atoms with Crippen molar-refractivity contribution in [3.63, 3.8) is 0 Å². The van der Waals surface area contributed by atoms with E-state index < -0.39 is 12.0 Å². The summed E-state index contributed by atoms with van der Waals surface area (Å²) in [5.41, 5.74) is 1.32. The second-order valence-electron chi connectivity index (χ2n) is 3.50. The van der Waals surface area contributed by atoms with Crippen molar-refractivity contribution in [3.8, 4) is 0 Å². The van der Waals surface area contributed by atoms with Crippen LogP contribution in [0.5, 0.6) is 0 Å². The number of carboxylic acid groups (broad SMARTS) is 1. The van der Waals surface area contributed by atoms with E-state index in [1.165, 1.54) is 6.07 Å². The number of carboxylic acids is 1. The van der Waals surface area contributed by atoms with Crippen molar-refractivity contribution >= 4 is 34.3 Å². The molecular weight excluding hydrogens is 300 g/mol. The summed E-state index contributed by atoms with van der Waals surface area (Å²) >= 11 is 3.20. The molecule has 1 aliphatic heterocycles. The minimum absolute atomic E-state index is 0. The van der Waals surface area contributed by atoms with Gasteiger partial charge in [-0.2, -0.15) is 0 Å². The third-order valence-corrected chi connectivity index (χ3v) is 2.96. The van der Waals surface area contributed by atoms with Gasteiger partial charge in [-0.3, -0.25) is 4.79 Å². The molecule has 16 heavy (non-hydrogen) atoms. The summed E-state index contributed by atoms with van der Waals surface area (Å²) in [5, 5.41) is 11.7. The average molecular weight is 311 g/mol. The maximum Gasteiger partial charge on any atom is 0.321 e. The molecule has 88 valence electrons. The van der Waals surface area contributed by atoms with E-state index in [4.69, 9.17) is 5.11 Å². The number of fused-ring (bicyclic) bond motifs is 1. The molecule has 0 saturated heterocycles. The number of hydrogen-bond acceptors (Lipinski definition) is 2. The van der Waals surface area contributed by atoms with Gasteiger partial charge in [0.1, 0.15) is 11.9 Å². The van der Waals surface area contributed by atoms with Gasteiger partial charge in [-0.15, -0.1) is 12.4 Å². The zero-order valence-electron chi connectivity index (χ0n) is 8.17. The molecule has 1 heterocycles. The Labute approximate surface area is 107 Å². The first-order valence-electron chi connectivity index (χ1n) is 4.51. The van der Waals surface area contributed by atoms with Gasteiger partial charge in [-0.25, -0.2) is 4.39 Å². The zero-order chi connectivity index (χ0) is 11.0. The first-order valence-corrected chi connectivity index (χ1v) is 5.30. The summed E-state index contributed by atoms with van der Waals surface area (Å²) in [6, 6.07) is 2.49. The van der Waals surface area contributed by atoms with Crippen LogP contribution < -0.4 is 5.32 Å². The third kappa shape index (κ3) is 2.53. The quantitative estimate of drug-likeness (QED) is 0.835. The van der Waals surface area contributed by atoms with Gasteiger partial charge in [0, 0.05) is 17.4 Å². The highest BCUT2D eigenvalue weighted by atomic mass is 79.9. The summed E-state index contributed by atoms with van der Waals surface area (Å²) < 4.78 is 14.2. The molecule has 1 atom stereocenters. The van der Waals surface area contributed by atoms with E-state index in [0.29, 0.717) is 16.6 Å². The van der Waals surface area contributed by atoms with Crippen molar-refractivity contribution in [2.24, 2.45) is 0 Å². The van der Waals surface area contributed by atoms with Gasteiger partial charge < -0.3 is 10.4 Å². The molecule has 0 radical (unpaired) electrons. The molecule has 1 aromatic carbocycles. The fourth-order valence-corrected chi connectivity index (χ4v) is 2.20. The molecule has 0 spiro atoms. The minimum Gasteiger partial charge on any atom is -0.480 e. The maximum absolute atomic E-state index is 13.5. The molecular formula is C10H10BrClFNO2. The lowest BCUT2D eigenvalue weighted by molar-refractivity contribution is -0.139. The number of nitrogens with one attached hydrogen (secondary N) is 1. The van der Waals surface area contributed by atoms with Crippen molar-refractivity contribution in [1.29, 1.82) is 0 Å². The molecule has 2 N–H and O–H groups in total. The summed E-state index contributed by atoms with van der Waals surface area (Å²) in [4.78, 5) is 10.7. The van der Waals surface area contributed by atoms with E-state index in [0.717, 1.165) is 5.56 Å². The molecule has 1 aliphatic rings. The van der Waals surface area contributed by atoms with Crippen LogP contribution in [0.4, 0.5) is 4.39 Å². The zero-order valence-corrected chi connectivity index (χ0v) is 10.6. The Morgan fingerprint density at radius 1 is 1.56 bits per heavy atom. The van der Waals surface area contributed by atoms with Crippen LogP contribution in [0.1, 0.15) is 11.1 Å². The van der Waals surface area contributed by atoms with Crippen LogP contribution in [-0.2, 0) is 17.8 Å². The first kappa shape index (κ1) is 13.4. The number of aliphatic carboxylic acids is 1. The maximum atomic E-state index is 13.5. The molecule has 0 aromatic heterocycles. The van der Waals surface area contributed by atoms with Gasteiger partial charge in [-0.05, 0) is 23.3 Å². The standard InChI is InChI=1S/C10H9BrFNO2.ClH/c11-6-1-5-4-13-9(10(14)15)3-7(5)8(12)2-6;/h1-2,9,13H,3-4H2,(H,14,15);1H. The van der Waals surface area contributed by atoms with Gasteiger partial charge in [0.05, 0.1) is 0 Å². The second-order valence-corrected chi connectivity index (χ2v) is 4.42. The lowest BCUT2D eigenvalue weighted by Gasteiger charge is -2.23. The minimum atomic E-state index is -0.942. The van der Waals surface area contributed by atoms with Crippen molar-refractivity contribution < 1.29 is 14.3 Å². The highest BCUT2D eigenvalue weighted by Crippen LogP contribution is 2.24. The molecule has 6 heteroatoms. The number of rotatable bonds is 1. The van der Waals surface area contributed by atoms with Crippen molar-refractivity contribution in [2.45, 2.75) is 19.0 Å². The van der Waals surface area contributed by atoms with E-state index in [9.17, 15) is 9.18 Å². The Morgan fingerprint density at radius 2 is 2.25 bits per heavy atom. The van der Waals surface area contributed by atoms with Crippen LogP contribution in [0.15, 0.2) is 16.6 Å². The van der Waals surface area contributed by atoms with E-state index in [1.807, 2.05) is 6.07 Å². The Kier molecular flexibility index (Phi) is 4.29. The van der Waals surface area contributed by atoms with E-state index in [2.05, 4.69) is 21.2 Å². The highest BCUT2D eigenvalue weighted by Gasteiger charge is 2.25. The summed E-state index contributed by atoms with van der Waals surface area (Å²) in [7, 11) is 0. The predicted molar refractivity (Wildman–Crippen MR) is 63.3 cm³/mol. The number of hydrogen-bond donors (Lipinski definition) is 2. The van der Waals surface area contributed by atoms with Crippen molar-refractivity contribution in [2.75, 3.05) is 0 Å². The number of halogens is 3. The largest absolute Gasteiger partial charge is 0.480 e. The highest BCUT2D eigenvalue weighted by molar-refractivity contribution is 9.10. The smallest absolute Gasteiger partial charge is 0.321 e. The monoisotopic (exact) mass is 309 g/mol. The van der Waals surface area contributed by atoms with Crippen LogP contribution in [0.3, 0.4) is 0 Å². The Bertz CT molecular complexity index is 428. The van der Waals surface area contributed by atoms with Gasteiger partial charge in [-0.1, -0.05) is 15.9 Å². The molecule has 3 nitrogen and oxygen atoms in total. The van der Waals surface area contributed by atoms with Gasteiger partial charge in [0.15, 0.2) is 0 Å². The first-order chi connectivity index (χ1) is 7.08. The molecule has 1 aromatic rings. The third-order valence-electron chi connectivity index (χ3n) is 2.50. The number of benzene rings is 1. The Hall–Kier alpha value is -0.650. The molecule has 0 aliphatic carbocycles. The van der Waals surface area contributed by atoms with Crippen molar-refractivity contribution in [3.05, 3.63) is 33.5 Å². The molecule has 0 saturated carbocycles. The van der Waals surface area contributed by atoms with E-state index >= 15 is 0 Å². The molecule has 0 amide bonds. The normalized spacial score (nSPS) is 18.5. The van der Waals surface area contributed by atoms with Crippen LogP contribution in [-0.4, -0.2) is 17.1 Å². The van der Waals surface area contributed by atoms with Gasteiger partial charge in [0.25, 0.3) is 0 Å². The van der Waals surface area contributed by atoms with Gasteiger partial charge in [0.2, 0.25) is 0 Å².